The third-order valence-electron chi connectivity index (χ3n) is 3.76. The SMILES string of the molecule is CC(C)CN(CC(C)C)C(=O)C(=O)Nc1ccccc1Sc1ccccc1. The summed E-state index contributed by atoms with van der Waals surface area (Å²) in [6.45, 7) is 9.33. The molecule has 4 nitrogen and oxygen atoms in total. The number of para-hydroxylation sites is 1. The second-order valence-electron chi connectivity index (χ2n) is 7.36. The highest BCUT2D eigenvalue weighted by molar-refractivity contribution is 7.99. The first-order valence-electron chi connectivity index (χ1n) is 9.29. The molecule has 0 aliphatic carbocycles. The van der Waals surface area contributed by atoms with Crippen molar-refractivity contribution in [3.05, 3.63) is 54.6 Å². The first kappa shape index (κ1) is 21.0. The van der Waals surface area contributed by atoms with E-state index in [-0.39, 0.29) is 0 Å². The van der Waals surface area contributed by atoms with Gasteiger partial charge in [-0.25, -0.2) is 0 Å². The molecule has 0 spiro atoms. The van der Waals surface area contributed by atoms with E-state index in [4.69, 9.17) is 0 Å². The van der Waals surface area contributed by atoms with E-state index in [0.29, 0.717) is 30.6 Å². The fourth-order valence-corrected chi connectivity index (χ4v) is 3.64. The number of amides is 2. The zero-order valence-electron chi connectivity index (χ0n) is 16.4. The van der Waals surface area contributed by atoms with Crippen molar-refractivity contribution in [3.8, 4) is 0 Å². The smallest absolute Gasteiger partial charge is 0.313 e. The summed E-state index contributed by atoms with van der Waals surface area (Å²) in [6, 6.07) is 17.5. The molecule has 0 aliphatic rings. The number of anilines is 1. The molecule has 0 aliphatic heterocycles. The quantitative estimate of drug-likeness (QED) is 0.690. The molecule has 0 fully saturated rings. The van der Waals surface area contributed by atoms with Crippen LogP contribution in [0.15, 0.2) is 64.4 Å². The zero-order valence-corrected chi connectivity index (χ0v) is 17.3. The van der Waals surface area contributed by atoms with Gasteiger partial charge >= 0.3 is 11.8 Å². The first-order valence-corrected chi connectivity index (χ1v) is 10.1. The average molecular weight is 385 g/mol. The van der Waals surface area contributed by atoms with Crippen molar-refractivity contribution >= 4 is 29.3 Å². The van der Waals surface area contributed by atoms with E-state index in [1.165, 1.54) is 0 Å². The Morgan fingerprint density at radius 2 is 1.44 bits per heavy atom. The van der Waals surface area contributed by atoms with Gasteiger partial charge in [0.2, 0.25) is 0 Å². The number of carbonyl (C=O) groups excluding carboxylic acids is 2. The lowest BCUT2D eigenvalue weighted by Crippen LogP contribution is -2.43. The van der Waals surface area contributed by atoms with Gasteiger partial charge in [-0.15, -0.1) is 0 Å². The van der Waals surface area contributed by atoms with Gasteiger partial charge in [-0.2, -0.15) is 0 Å². The molecule has 0 bridgehead atoms. The maximum atomic E-state index is 12.7. The highest BCUT2D eigenvalue weighted by atomic mass is 32.2. The summed E-state index contributed by atoms with van der Waals surface area (Å²) in [7, 11) is 0. The Hall–Kier alpha value is -2.27. The van der Waals surface area contributed by atoms with Gasteiger partial charge in [-0.3, -0.25) is 9.59 Å². The van der Waals surface area contributed by atoms with E-state index >= 15 is 0 Å². The largest absolute Gasteiger partial charge is 0.334 e. The summed E-state index contributed by atoms with van der Waals surface area (Å²) in [6.07, 6.45) is 0. The Kier molecular flexibility index (Phi) is 7.92. The normalized spacial score (nSPS) is 10.9. The number of hydrogen-bond acceptors (Lipinski definition) is 3. The summed E-state index contributed by atoms with van der Waals surface area (Å²) in [4.78, 5) is 28.9. The molecule has 27 heavy (non-hydrogen) atoms. The van der Waals surface area contributed by atoms with Gasteiger partial charge in [0.15, 0.2) is 0 Å². The molecule has 2 amide bonds. The summed E-state index contributed by atoms with van der Waals surface area (Å²) in [5.74, 6) is -0.447. The predicted molar refractivity (Wildman–Crippen MR) is 112 cm³/mol. The molecule has 5 heteroatoms. The first-order chi connectivity index (χ1) is 12.9. The summed E-state index contributed by atoms with van der Waals surface area (Å²) in [5.41, 5.74) is 0.652. The minimum absolute atomic E-state index is 0.307. The molecule has 0 aromatic heterocycles. The van der Waals surface area contributed by atoms with Gasteiger partial charge in [-0.1, -0.05) is 69.8 Å². The van der Waals surface area contributed by atoms with Crippen LogP contribution in [0.25, 0.3) is 0 Å². The van der Waals surface area contributed by atoms with Crippen LogP contribution < -0.4 is 5.32 Å². The molecule has 2 aromatic carbocycles. The van der Waals surface area contributed by atoms with E-state index in [9.17, 15) is 9.59 Å². The Bertz CT molecular complexity index is 750. The van der Waals surface area contributed by atoms with Crippen molar-refractivity contribution in [2.45, 2.75) is 37.5 Å². The second kappa shape index (κ2) is 10.2. The number of benzene rings is 2. The van der Waals surface area contributed by atoms with Crippen LogP contribution in [0, 0.1) is 11.8 Å². The molecule has 2 aromatic rings. The van der Waals surface area contributed by atoms with Gasteiger partial charge in [0, 0.05) is 22.9 Å². The van der Waals surface area contributed by atoms with E-state index in [1.807, 2.05) is 82.3 Å². The Morgan fingerprint density at radius 1 is 0.889 bits per heavy atom. The third-order valence-corrected chi connectivity index (χ3v) is 4.84. The molecular formula is C22H28N2O2S. The number of nitrogens with one attached hydrogen (secondary N) is 1. The Balaban J connectivity index is 2.13. The molecule has 0 radical (unpaired) electrons. The van der Waals surface area contributed by atoms with Gasteiger partial charge in [0.1, 0.15) is 0 Å². The second-order valence-corrected chi connectivity index (χ2v) is 8.48. The lowest BCUT2D eigenvalue weighted by molar-refractivity contribution is -0.143. The van der Waals surface area contributed by atoms with Crippen molar-refractivity contribution < 1.29 is 9.59 Å². The summed E-state index contributed by atoms with van der Waals surface area (Å²) < 4.78 is 0. The van der Waals surface area contributed by atoms with Crippen molar-refractivity contribution in [2.24, 2.45) is 11.8 Å². The average Bonchev–Trinajstić information content (AvgIpc) is 2.62. The van der Waals surface area contributed by atoms with Crippen LogP contribution in [0.1, 0.15) is 27.7 Å². The van der Waals surface area contributed by atoms with E-state index in [0.717, 1.165) is 9.79 Å². The minimum Gasteiger partial charge on any atom is -0.334 e. The number of nitrogens with zero attached hydrogens (tertiary/aromatic N) is 1. The maximum Gasteiger partial charge on any atom is 0.313 e. The Labute approximate surface area is 166 Å². The van der Waals surface area contributed by atoms with E-state index in [1.54, 1.807) is 16.7 Å². The molecule has 0 saturated heterocycles. The molecule has 144 valence electrons. The molecule has 0 saturated carbocycles. The lowest BCUT2D eigenvalue weighted by atomic mass is 10.1. The monoisotopic (exact) mass is 384 g/mol. The number of hydrogen-bond donors (Lipinski definition) is 1. The van der Waals surface area contributed by atoms with Crippen LogP contribution in [0.3, 0.4) is 0 Å². The van der Waals surface area contributed by atoms with Crippen LogP contribution in [-0.4, -0.2) is 29.8 Å². The van der Waals surface area contributed by atoms with Crippen LogP contribution >= 0.6 is 11.8 Å². The fraction of sp³-hybridized carbons (Fsp3) is 0.364. The lowest BCUT2D eigenvalue weighted by Gasteiger charge is -2.25. The molecule has 0 unspecified atom stereocenters. The van der Waals surface area contributed by atoms with Crippen LogP contribution in [0.5, 0.6) is 0 Å². The number of rotatable bonds is 7. The van der Waals surface area contributed by atoms with Crippen LogP contribution in [0.4, 0.5) is 5.69 Å². The van der Waals surface area contributed by atoms with Gasteiger partial charge in [-0.05, 0) is 36.1 Å². The number of carbonyl (C=O) groups is 2. The molecule has 1 N–H and O–H groups in total. The van der Waals surface area contributed by atoms with Crippen LogP contribution in [0.2, 0.25) is 0 Å². The van der Waals surface area contributed by atoms with Gasteiger partial charge < -0.3 is 10.2 Å². The van der Waals surface area contributed by atoms with E-state index < -0.39 is 11.8 Å². The van der Waals surface area contributed by atoms with Gasteiger partial charge in [0.05, 0.1) is 5.69 Å². The van der Waals surface area contributed by atoms with Crippen molar-refractivity contribution in [1.82, 2.24) is 4.90 Å². The zero-order chi connectivity index (χ0) is 19.8. The van der Waals surface area contributed by atoms with Gasteiger partial charge in [0.25, 0.3) is 0 Å². The van der Waals surface area contributed by atoms with Crippen molar-refractivity contribution in [3.63, 3.8) is 0 Å². The minimum atomic E-state index is -0.586. The van der Waals surface area contributed by atoms with Crippen LogP contribution in [-0.2, 0) is 9.59 Å². The van der Waals surface area contributed by atoms with E-state index in [2.05, 4.69) is 5.32 Å². The highest BCUT2D eigenvalue weighted by Crippen LogP contribution is 2.33. The highest BCUT2D eigenvalue weighted by Gasteiger charge is 2.24. The standard InChI is InChI=1S/C22H28N2O2S/c1-16(2)14-24(15-17(3)4)22(26)21(25)23-19-12-8-9-13-20(19)27-18-10-6-5-7-11-18/h5-13,16-17H,14-15H2,1-4H3,(H,23,25). The molecule has 0 atom stereocenters. The topological polar surface area (TPSA) is 49.4 Å². The molecule has 0 heterocycles. The fourth-order valence-electron chi connectivity index (χ4n) is 2.72. The molecule has 2 rings (SSSR count). The third kappa shape index (κ3) is 6.75. The summed E-state index contributed by atoms with van der Waals surface area (Å²) >= 11 is 1.56. The predicted octanol–water partition coefficient (Wildman–Crippen LogP) is 4.92. The maximum absolute atomic E-state index is 12.7. The van der Waals surface area contributed by atoms with Crippen molar-refractivity contribution in [2.75, 3.05) is 18.4 Å². The Morgan fingerprint density at radius 3 is 2.04 bits per heavy atom. The van der Waals surface area contributed by atoms with Crippen molar-refractivity contribution in [1.29, 1.82) is 0 Å². The summed E-state index contributed by atoms with van der Waals surface area (Å²) in [5, 5.41) is 2.81. The molecular weight excluding hydrogens is 356 g/mol.